The van der Waals surface area contributed by atoms with Gasteiger partial charge in [-0.25, -0.2) is 19.2 Å². The summed E-state index contributed by atoms with van der Waals surface area (Å²) in [6.45, 7) is 1.86. The number of nitrogen functional groups attached to an aromatic ring is 1. The Bertz CT molecular complexity index is 1860. The topological polar surface area (TPSA) is 174 Å². The first-order chi connectivity index (χ1) is 23.6. The average Bonchev–Trinajstić information content (AvgIpc) is 3.10. The molecule has 4 heterocycles. The van der Waals surface area contributed by atoms with Crippen LogP contribution in [0.1, 0.15) is 63.7 Å². The fraction of sp³-hybridized carbons (Fsp3) is 0.222. The third kappa shape index (κ3) is 8.87. The van der Waals surface area contributed by atoms with E-state index in [4.69, 9.17) is 24.7 Å². The van der Waals surface area contributed by atoms with E-state index in [9.17, 15) is 29.3 Å². The van der Waals surface area contributed by atoms with E-state index < -0.39 is 10.9 Å². The molecule has 13 heteroatoms. The van der Waals surface area contributed by atoms with Crippen molar-refractivity contribution in [3.05, 3.63) is 138 Å². The lowest BCUT2D eigenvalue weighted by Gasteiger charge is -2.15. The zero-order chi connectivity index (χ0) is 34.9. The maximum atomic E-state index is 11.2. The van der Waals surface area contributed by atoms with Gasteiger partial charge in [-0.3, -0.25) is 10.1 Å². The number of hydrogen-bond donors (Lipinski definition) is 1. The van der Waals surface area contributed by atoms with Gasteiger partial charge in [0.05, 0.1) is 53.6 Å². The summed E-state index contributed by atoms with van der Waals surface area (Å²) in [7, 11) is 0. The van der Waals surface area contributed by atoms with Crippen molar-refractivity contribution in [3.8, 4) is 0 Å². The van der Waals surface area contributed by atoms with Crippen LogP contribution in [0.15, 0.2) is 83.3 Å². The number of carbonyl (C=O) groups is 4. The first-order valence-corrected chi connectivity index (χ1v) is 16.1. The van der Waals surface area contributed by atoms with Crippen molar-refractivity contribution in [2.24, 2.45) is 0 Å². The number of nitro groups is 1. The van der Waals surface area contributed by atoms with E-state index in [1.54, 1.807) is 30.3 Å². The molecule has 0 aliphatic carbocycles. The van der Waals surface area contributed by atoms with Crippen LogP contribution < -0.4 is 5.73 Å². The van der Waals surface area contributed by atoms with Crippen LogP contribution in [0.4, 0.5) is 11.4 Å². The number of halogens is 1. The molecular weight excluding hydrogens is 700 g/mol. The highest BCUT2D eigenvalue weighted by molar-refractivity contribution is 9.10. The minimum Gasteiger partial charge on any atom is -0.462 e. The molecule has 0 saturated carbocycles. The lowest BCUT2D eigenvalue weighted by molar-refractivity contribution is -0.384. The van der Waals surface area contributed by atoms with Gasteiger partial charge in [0.1, 0.15) is 0 Å². The zero-order valence-electron chi connectivity index (χ0n) is 26.1. The molecule has 49 heavy (non-hydrogen) atoms. The van der Waals surface area contributed by atoms with Crippen LogP contribution in [-0.2, 0) is 44.6 Å². The van der Waals surface area contributed by atoms with E-state index in [0.29, 0.717) is 55.2 Å². The first kappa shape index (κ1) is 34.8. The molecule has 0 spiro atoms. The number of ether oxygens (including phenoxy) is 4. The third-order valence-electron chi connectivity index (χ3n) is 7.83. The number of hydrogen-bond acceptors (Lipinski definition) is 11. The molecule has 0 saturated heterocycles. The molecule has 4 aliphatic heterocycles. The lowest BCUT2D eigenvalue weighted by Crippen LogP contribution is -2.17. The average molecular weight is 732 g/mol. The van der Waals surface area contributed by atoms with Crippen molar-refractivity contribution in [1.29, 1.82) is 0 Å². The van der Waals surface area contributed by atoms with Crippen LogP contribution in [-0.4, -0.2) is 55.2 Å². The number of non-ortho nitro benzene ring substituents is 1. The van der Waals surface area contributed by atoms with E-state index in [0.717, 1.165) is 51.6 Å². The second-order valence-corrected chi connectivity index (χ2v) is 11.9. The van der Waals surface area contributed by atoms with Crippen LogP contribution in [0.3, 0.4) is 0 Å². The third-order valence-corrected chi connectivity index (χ3v) is 8.32. The highest BCUT2D eigenvalue weighted by Crippen LogP contribution is 2.23. The summed E-state index contributed by atoms with van der Waals surface area (Å²) in [5.74, 6) is -1.14. The van der Waals surface area contributed by atoms with E-state index >= 15 is 0 Å². The maximum absolute atomic E-state index is 11.2. The standard InChI is InChI=1S/C9H7BrO2.C9H7NO4.C9H9NO2.C9H8O2/c10-7-2-1-6-3-4-12-9(11)8(6)5-7;11-9-8-5-7(10(12)13)2-1-6(8)3-4-14-9;10-7-2-1-6-3-4-12-9(11)8(6)5-7;10-9-8-4-2-1-3-7(8)5-6-11-9/h1-2,5H,3-4H2;1-2,5H,3-4H2;1-2,5H,3-4,10H2;1-4H,5-6H2. The smallest absolute Gasteiger partial charge is 0.338 e. The molecule has 0 amide bonds. The van der Waals surface area contributed by atoms with Gasteiger partial charge in [-0.15, -0.1) is 0 Å². The predicted octanol–water partition coefficient (Wildman–Crippen LogP) is 5.85. The Balaban J connectivity index is 0.000000128. The Morgan fingerprint density at radius 2 is 0.980 bits per heavy atom. The van der Waals surface area contributed by atoms with Gasteiger partial charge in [0.2, 0.25) is 0 Å². The Morgan fingerprint density at radius 1 is 0.551 bits per heavy atom. The monoisotopic (exact) mass is 730 g/mol. The van der Waals surface area contributed by atoms with E-state index in [1.807, 2.05) is 36.4 Å². The van der Waals surface area contributed by atoms with Crippen molar-refractivity contribution < 1.29 is 43.0 Å². The molecule has 0 aromatic heterocycles. The molecule has 4 aliphatic rings. The molecular formula is C36H31BrN2O10. The zero-order valence-corrected chi connectivity index (χ0v) is 27.7. The van der Waals surface area contributed by atoms with Gasteiger partial charge in [0.25, 0.3) is 5.69 Å². The Morgan fingerprint density at radius 3 is 1.51 bits per heavy atom. The van der Waals surface area contributed by atoms with Gasteiger partial charge >= 0.3 is 23.9 Å². The Labute approximate surface area is 289 Å². The Kier molecular flexibility index (Phi) is 11.4. The van der Waals surface area contributed by atoms with Crippen LogP contribution >= 0.6 is 15.9 Å². The molecule has 12 nitrogen and oxygen atoms in total. The summed E-state index contributed by atoms with van der Waals surface area (Å²) >= 11 is 3.31. The number of benzene rings is 4. The number of nitrogens with two attached hydrogens (primary N) is 1. The molecule has 8 rings (SSSR count). The molecule has 2 N–H and O–H groups in total. The van der Waals surface area contributed by atoms with Crippen molar-refractivity contribution in [2.75, 3.05) is 32.2 Å². The fourth-order valence-corrected chi connectivity index (χ4v) is 5.67. The van der Waals surface area contributed by atoms with Gasteiger partial charge in [-0.05, 0) is 52.6 Å². The van der Waals surface area contributed by atoms with Crippen LogP contribution in [0.2, 0.25) is 0 Å². The highest BCUT2D eigenvalue weighted by Gasteiger charge is 2.22. The Hall–Kier alpha value is -5.56. The van der Waals surface area contributed by atoms with Crippen LogP contribution in [0.25, 0.3) is 0 Å². The molecule has 0 unspecified atom stereocenters. The maximum Gasteiger partial charge on any atom is 0.338 e. The molecule has 0 atom stereocenters. The number of fused-ring (bicyclic) bond motifs is 4. The molecule has 4 aromatic rings. The minimum absolute atomic E-state index is 0.0809. The predicted molar refractivity (Wildman–Crippen MR) is 180 cm³/mol. The van der Waals surface area contributed by atoms with Crippen LogP contribution in [0.5, 0.6) is 0 Å². The number of esters is 4. The van der Waals surface area contributed by atoms with Gasteiger partial charge in [-0.2, -0.15) is 0 Å². The van der Waals surface area contributed by atoms with Gasteiger partial charge in [0, 0.05) is 48.0 Å². The second kappa shape index (κ2) is 16.0. The molecule has 0 fully saturated rings. The summed E-state index contributed by atoms with van der Waals surface area (Å²) in [4.78, 5) is 54.6. The number of anilines is 1. The lowest BCUT2D eigenvalue weighted by atomic mass is 10.0. The molecule has 0 radical (unpaired) electrons. The number of rotatable bonds is 1. The van der Waals surface area contributed by atoms with Crippen molar-refractivity contribution in [2.45, 2.75) is 25.7 Å². The number of nitrogens with zero attached hydrogens (tertiary/aromatic N) is 1. The number of nitro benzene ring substituents is 1. The first-order valence-electron chi connectivity index (χ1n) is 15.3. The second-order valence-electron chi connectivity index (χ2n) is 11.0. The summed E-state index contributed by atoms with van der Waals surface area (Å²) in [5, 5.41) is 10.4. The summed E-state index contributed by atoms with van der Waals surface area (Å²) in [5.41, 5.74) is 12.4. The van der Waals surface area contributed by atoms with E-state index in [1.165, 1.54) is 12.1 Å². The SMILES string of the molecule is Nc1ccc2c(c1)C(=O)OCC2.O=C1OCCc2ccc(Br)cc21.O=C1OCCc2ccc([N+](=O)[O-])cc21.O=C1OCCc2ccccc21. The molecule has 252 valence electrons. The minimum atomic E-state index is -0.526. The fourth-order valence-electron chi connectivity index (χ4n) is 5.31. The number of cyclic esters (lactones) is 4. The normalized spacial score (nSPS) is 15.0. The van der Waals surface area contributed by atoms with Crippen LogP contribution in [0, 0.1) is 10.1 Å². The van der Waals surface area contributed by atoms with Gasteiger partial charge in [0.15, 0.2) is 0 Å². The largest absolute Gasteiger partial charge is 0.462 e. The number of carbonyl (C=O) groups excluding carboxylic acids is 4. The molecule has 0 bridgehead atoms. The van der Waals surface area contributed by atoms with Crippen molar-refractivity contribution in [1.82, 2.24) is 0 Å². The van der Waals surface area contributed by atoms with Gasteiger partial charge < -0.3 is 24.7 Å². The summed E-state index contributed by atoms with van der Waals surface area (Å²) in [6.07, 6.45) is 3.09. The summed E-state index contributed by atoms with van der Waals surface area (Å²) in [6, 6.07) is 22.9. The highest BCUT2D eigenvalue weighted by atomic mass is 79.9. The molecule has 4 aromatic carbocycles. The van der Waals surface area contributed by atoms with Gasteiger partial charge in [-0.1, -0.05) is 52.3 Å². The quantitative estimate of drug-likeness (QED) is 0.0818. The summed E-state index contributed by atoms with van der Waals surface area (Å²) < 4.78 is 20.3. The van der Waals surface area contributed by atoms with E-state index in [2.05, 4.69) is 15.9 Å². The van der Waals surface area contributed by atoms with Crippen molar-refractivity contribution >= 4 is 51.2 Å². The van der Waals surface area contributed by atoms with Crippen molar-refractivity contribution in [3.63, 3.8) is 0 Å². The van der Waals surface area contributed by atoms with E-state index in [-0.39, 0.29) is 23.6 Å².